The van der Waals surface area contributed by atoms with Crippen LogP contribution in [0.1, 0.15) is 27.1 Å². The lowest BCUT2D eigenvalue weighted by Crippen LogP contribution is -2.33. The lowest BCUT2D eigenvalue weighted by Gasteiger charge is -2.18. The van der Waals surface area contributed by atoms with Gasteiger partial charge in [0.25, 0.3) is 0 Å². The van der Waals surface area contributed by atoms with Crippen LogP contribution in [0.2, 0.25) is 0 Å². The first-order chi connectivity index (χ1) is 11.4. The molecular weight excluding hydrogens is 314 g/mol. The average Bonchev–Trinajstić information content (AvgIpc) is 3.21. The summed E-state index contributed by atoms with van der Waals surface area (Å²) in [5, 5.41) is 18.3. The van der Waals surface area contributed by atoms with Crippen molar-refractivity contribution < 1.29 is 29.4 Å². The topological polar surface area (TPSA) is 112 Å². The largest absolute Gasteiger partial charge is 0.478 e. The van der Waals surface area contributed by atoms with Crippen LogP contribution < -0.4 is 4.90 Å². The first kappa shape index (κ1) is 14.6. The van der Waals surface area contributed by atoms with Gasteiger partial charge in [-0.2, -0.15) is 0 Å². The third-order valence-electron chi connectivity index (χ3n) is 5.14. The van der Waals surface area contributed by atoms with E-state index in [-0.39, 0.29) is 40.5 Å². The molecule has 2 amide bonds. The second-order valence-corrected chi connectivity index (χ2v) is 6.39. The molecule has 0 unspecified atom stereocenters. The van der Waals surface area contributed by atoms with Crippen LogP contribution >= 0.6 is 0 Å². The summed E-state index contributed by atoms with van der Waals surface area (Å²) in [5.74, 6) is -4.17. The Kier molecular flexibility index (Phi) is 2.90. The number of hydrogen-bond acceptors (Lipinski definition) is 4. The summed E-state index contributed by atoms with van der Waals surface area (Å²) >= 11 is 0. The highest BCUT2D eigenvalue weighted by molar-refractivity contribution is 6.23. The Morgan fingerprint density at radius 3 is 1.75 bits per heavy atom. The molecule has 3 aliphatic rings. The van der Waals surface area contributed by atoms with E-state index in [0.29, 0.717) is 0 Å². The number of nitrogens with zero attached hydrogens (tertiary/aromatic N) is 1. The van der Waals surface area contributed by atoms with Crippen molar-refractivity contribution in [1.82, 2.24) is 0 Å². The molecule has 0 aromatic heterocycles. The Labute approximate surface area is 136 Å². The average molecular weight is 327 g/mol. The van der Waals surface area contributed by atoms with Crippen molar-refractivity contribution in [3.63, 3.8) is 0 Å². The molecule has 1 saturated carbocycles. The maximum Gasteiger partial charge on any atom is 0.335 e. The van der Waals surface area contributed by atoms with E-state index in [1.807, 2.05) is 12.2 Å². The number of carbonyl (C=O) groups is 4. The Bertz CT molecular complexity index is 779. The van der Waals surface area contributed by atoms with Crippen LogP contribution in [0.15, 0.2) is 30.4 Å². The van der Waals surface area contributed by atoms with Crippen molar-refractivity contribution in [1.29, 1.82) is 0 Å². The van der Waals surface area contributed by atoms with E-state index in [1.165, 1.54) is 12.1 Å². The second kappa shape index (κ2) is 4.77. The molecule has 1 aromatic rings. The molecule has 2 bridgehead atoms. The van der Waals surface area contributed by atoms with E-state index in [0.717, 1.165) is 17.4 Å². The molecule has 1 saturated heterocycles. The van der Waals surface area contributed by atoms with Crippen LogP contribution in [0.4, 0.5) is 5.69 Å². The number of carboxylic acid groups (broad SMARTS) is 2. The fraction of sp³-hybridized carbons (Fsp3) is 0.294. The van der Waals surface area contributed by atoms with Crippen LogP contribution in [0.3, 0.4) is 0 Å². The van der Waals surface area contributed by atoms with Gasteiger partial charge in [0.05, 0.1) is 28.7 Å². The van der Waals surface area contributed by atoms with E-state index < -0.39 is 23.8 Å². The highest BCUT2D eigenvalue weighted by Crippen LogP contribution is 2.53. The number of carbonyl (C=O) groups excluding carboxylic acids is 2. The predicted molar refractivity (Wildman–Crippen MR) is 80.6 cm³/mol. The summed E-state index contributed by atoms with van der Waals surface area (Å²) in [4.78, 5) is 48.9. The van der Waals surface area contributed by atoms with Gasteiger partial charge in [0.15, 0.2) is 0 Å². The molecule has 2 aliphatic carbocycles. The standard InChI is InChI=1S/C17H13NO6/c19-14-12-7-1-2-8(3-7)13(12)15(20)18(14)11-5-9(16(21)22)4-10(6-11)17(23)24/h1-2,4-8,12-13H,3H2,(H,21,22)(H,23,24)/t7-,8-,12-,13+/m0/s1. The lowest BCUT2D eigenvalue weighted by molar-refractivity contribution is -0.123. The van der Waals surface area contributed by atoms with Gasteiger partial charge in [-0.3, -0.25) is 9.59 Å². The quantitative estimate of drug-likeness (QED) is 0.641. The van der Waals surface area contributed by atoms with Crippen molar-refractivity contribution in [2.45, 2.75) is 6.42 Å². The fourth-order valence-electron chi connectivity index (χ4n) is 4.14. The number of imide groups is 1. The van der Waals surface area contributed by atoms with Gasteiger partial charge < -0.3 is 10.2 Å². The number of benzene rings is 1. The molecule has 4 rings (SSSR count). The normalized spacial score (nSPS) is 30.1. The summed E-state index contributed by atoms with van der Waals surface area (Å²) in [6.45, 7) is 0. The second-order valence-electron chi connectivity index (χ2n) is 6.39. The van der Waals surface area contributed by atoms with Gasteiger partial charge >= 0.3 is 11.9 Å². The van der Waals surface area contributed by atoms with Crippen LogP contribution in [-0.4, -0.2) is 34.0 Å². The monoisotopic (exact) mass is 327 g/mol. The number of hydrogen-bond donors (Lipinski definition) is 2. The zero-order valence-electron chi connectivity index (χ0n) is 12.4. The molecule has 24 heavy (non-hydrogen) atoms. The van der Waals surface area contributed by atoms with Crippen molar-refractivity contribution in [2.24, 2.45) is 23.7 Å². The van der Waals surface area contributed by atoms with Crippen molar-refractivity contribution >= 4 is 29.4 Å². The Morgan fingerprint density at radius 2 is 1.33 bits per heavy atom. The van der Waals surface area contributed by atoms with Crippen LogP contribution in [0.5, 0.6) is 0 Å². The number of aromatic carboxylic acids is 2. The molecule has 0 spiro atoms. The molecule has 4 atom stereocenters. The van der Waals surface area contributed by atoms with Gasteiger partial charge in [-0.25, -0.2) is 14.5 Å². The maximum absolute atomic E-state index is 12.7. The maximum atomic E-state index is 12.7. The summed E-state index contributed by atoms with van der Waals surface area (Å²) in [6.07, 6.45) is 4.70. The van der Waals surface area contributed by atoms with Gasteiger partial charge in [0, 0.05) is 0 Å². The number of rotatable bonds is 3. The molecule has 2 fully saturated rings. The first-order valence-electron chi connectivity index (χ1n) is 7.56. The summed E-state index contributed by atoms with van der Waals surface area (Å²) in [5.41, 5.74) is -0.539. The minimum absolute atomic E-state index is 0.0103. The van der Waals surface area contributed by atoms with E-state index >= 15 is 0 Å². The van der Waals surface area contributed by atoms with E-state index in [9.17, 15) is 19.2 Å². The van der Waals surface area contributed by atoms with Gasteiger partial charge in [-0.15, -0.1) is 0 Å². The zero-order chi connectivity index (χ0) is 17.2. The minimum atomic E-state index is -1.32. The third-order valence-corrected chi connectivity index (χ3v) is 5.14. The third kappa shape index (κ3) is 1.84. The van der Waals surface area contributed by atoms with Gasteiger partial charge in [0.1, 0.15) is 0 Å². The molecule has 1 aromatic carbocycles. The molecule has 7 heteroatoms. The fourth-order valence-corrected chi connectivity index (χ4v) is 4.14. The summed E-state index contributed by atoms with van der Waals surface area (Å²) in [6, 6.07) is 3.34. The minimum Gasteiger partial charge on any atom is -0.478 e. The highest BCUT2D eigenvalue weighted by atomic mass is 16.4. The van der Waals surface area contributed by atoms with Gasteiger partial charge in [0.2, 0.25) is 11.8 Å². The first-order valence-corrected chi connectivity index (χ1v) is 7.56. The van der Waals surface area contributed by atoms with Crippen LogP contribution in [0, 0.1) is 23.7 Å². The number of amides is 2. The molecule has 1 aliphatic heterocycles. The van der Waals surface area contributed by atoms with E-state index in [2.05, 4.69) is 0 Å². The van der Waals surface area contributed by atoms with Crippen molar-refractivity contribution in [2.75, 3.05) is 4.90 Å². The van der Waals surface area contributed by atoms with Crippen molar-refractivity contribution in [3.05, 3.63) is 41.5 Å². The summed E-state index contributed by atoms with van der Waals surface area (Å²) in [7, 11) is 0. The smallest absolute Gasteiger partial charge is 0.335 e. The lowest BCUT2D eigenvalue weighted by atomic mass is 9.85. The van der Waals surface area contributed by atoms with E-state index in [4.69, 9.17) is 10.2 Å². The van der Waals surface area contributed by atoms with Crippen LogP contribution in [0.25, 0.3) is 0 Å². The molecule has 1 heterocycles. The molecule has 0 radical (unpaired) electrons. The number of carboxylic acids is 2. The SMILES string of the molecule is O=C(O)c1cc(C(=O)O)cc(N2C(=O)[C@@H]3[C@H](C2=O)[C@H]2C=C[C@H]3C2)c1. The zero-order valence-corrected chi connectivity index (χ0v) is 12.4. The predicted octanol–water partition coefficient (Wildman–Crippen LogP) is 1.39. The van der Waals surface area contributed by atoms with Gasteiger partial charge in [-0.05, 0) is 36.5 Å². The molecule has 2 N–H and O–H groups in total. The number of fused-ring (bicyclic) bond motifs is 5. The molecular formula is C17H13NO6. The Balaban J connectivity index is 1.79. The summed E-state index contributed by atoms with van der Waals surface area (Å²) < 4.78 is 0. The molecule has 7 nitrogen and oxygen atoms in total. The number of anilines is 1. The Hall–Kier alpha value is -2.96. The number of allylic oxidation sites excluding steroid dienone is 2. The van der Waals surface area contributed by atoms with Crippen LogP contribution in [-0.2, 0) is 9.59 Å². The van der Waals surface area contributed by atoms with Gasteiger partial charge in [-0.1, -0.05) is 12.2 Å². The molecule has 122 valence electrons. The Morgan fingerprint density at radius 1 is 0.875 bits per heavy atom. The highest BCUT2D eigenvalue weighted by Gasteiger charge is 2.59. The van der Waals surface area contributed by atoms with Crippen molar-refractivity contribution in [3.8, 4) is 0 Å². The van der Waals surface area contributed by atoms with E-state index in [1.54, 1.807) is 0 Å².